The van der Waals surface area contributed by atoms with Crippen LogP contribution in [0, 0.1) is 0 Å². The molecule has 1 amide bonds. The van der Waals surface area contributed by atoms with Gasteiger partial charge in [0.2, 0.25) is 5.91 Å². The number of hydrogen-bond donors (Lipinski definition) is 1. The predicted molar refractivity (Wildman–Crippen MR) is 102 cm³/mol. The fourth-order valence-corrected chi connectivity index (χ4v) is 3.82. The molecule has 3 rings (SSSR count). The van der Waals surface area contributed by atoms with Crippen molar-refractivity contribution in [1.82, 2.24) is 4.90 Å². The van der Waals surface area contributed by atoms with Gasteiger partial charge in [0.05, 0.1) is 26.9 Å². The molecule has 2 heterocycles. The predicted octanol–water partition coefficient (Wildman–Crippen LogP) is 3.13. The Balaban J connectivity index is 1.81. The van der Waals surface area contributed by atoms with Crippen molar-refractivity contribution < 1.29 is 19.1 Å². The zero-order valence-corrected chi connectivity index (χ0v) is 15.9. The smallest absolute Gasteiger partial charge is 0.341 e. The molecule has 0 atom stereocenters. The fourth-order valence-electron chi connectivity index (χ4n) is 2.73. The van der Waals surface area contributed by atoms with Gasteiger partial charge in [-0.25, -0.2) is 4.79 Å². The van der Waals surface area contributed by atoms with E-state index in [1.165, 1.54) is 18.4 Å². The summed E-state index contributed by atoms with van der Waals surface area (Å²) in [5.74, 6) is -0.653. The van der Waals surface area contributed by atoms with Crippen LogP contribution in [0.1, 0.15) is 10.4 Å². The van der Waals surface area contributed by atoms with Gasteiger partial charge in [-0.2, -0.15) is 0 Å². The van der Waals surface area contributed by atoms with Crippen molar-refractivity contribution in [2.75, 3.05) is 45.3 Å². The molecular formula is C18H19ClN2O4S. The number of esters is 1. The number of amides is 1. The third kappa shape index (κ3) is 4.42. The highest BCUT2D eigenvalue weighted by molar-refractivity contribution is 7.15. The number of nitrogens with one attached hydrogen (secondary N) is 1. The lowest BCUT2D eigenvalue weighted by Crippen LogP contribution is -2.41. The quantitative estimate of drug-likeness (QED) is 0.789. The Morgan fingerprint density at radius 1 is 1.27 bits per heavy atom. The number of morpholine rings is 1. The number of nitrogens with zero attached hydrogens (tertiary/aromatic N) is 1. The van der Waals surface area contributed by atoms with Crippen molar-refractivity contribution in [3.8, 4) is 11.1 Å². The van der Waals surface area contributed by atoms with E-state index in [0.717, 1.165) is 18.7 Å². The van der Waals surface area contributed by atoms with Crippen LogP contribution >= 0.6 is 22.9 Å². The Kier molecular flexibility index (Phi) is 6.26. The topological polar surface area (TPSA) is 67.9 Å². The van der Waals surface area contributed by atoms with Crippen LogP contribution in [0.2, 0.25) is 5.02 Å². The minimum Gasteiger partial charge on any atom is -0.465 e. The molecule has 1 aliphatic rings. The third-order valence-electron chi connectivity index (χ3n) is 4.06. The van der Waals surface area contributed by atoms with E-state index in [9.17, 15) is 9.59 Å². The zero-order valence-electron chi connectivity index (χ0n) is 14.3. The van der Waals surface area contributed by atoms with Crippen molar-refractivity contribution in [1.29, 1.82) is 0 Å². The molecule has 8 heteroatoms. The molecule has 1 fully saturated rings. The molecule has 1 saturated heterocycles. The van der Waals surface area contributed by atoms with Crippen LogP contribution in [-0.2, 0) is 14.3 Å². The molecular weight excluding hydrogens is 376 g/mol. The average molecular weight is 395 g/mol. The van der Waals surface area contributed by atoms with Gasteiger partial charge in [-0.3, -0.25) is 9.69 Å². The van der Waals surface area contributed by atoms with Crippen LogP contribution in [0.4, 0.5) is 5.00 Å². The van der Waals surface area contributed by atoms with E-state index in [2.05, 4.69) is 5.32 Å². The Morgan fingerprint density at radius 3 is 2.62 bits per heavy atom. The molecule has 0 radical (unpaired) electrons. The van der Waals surface area contributed by atoms with Gasteiger partial charge < -0.3 is 14.8 Å². The van der Waals surface area contributed by atoms with E-state index in [4.69, 9.17) is 21.1 Å². The summed E-state index contributed by atoms with van der Waals surface area (Å²) in [6.07, 6.45) is 0. The maximum atomic E-state index is 12.4. The number of carbonyl (C=O) groups is 2. The van der Waals surface area contributed by atoms with Crippen LogP contribution in [0.15, 0.2) is 29.6 Å². The first-order chi connectivity index (χ1) is 12.6. The number of rotatable bonds is 5. The normalized spacial score (nSPS) is 14.8. The summed E-state index contributed by atoms with van der Waals surface area (Å²) in [7, 11) is 1.32. The Hall–Kier alpha value is -1.93. The number of methoxy groups -OCH3 is 1. The molecule has 0 aliphatic carbocycles. The molecule has 0 unspecified atom stereocenters. The van der Waals surface area contributed by atoms with Gasteiger partial charge in [-0.15, -0.1) is 11.3 Å². The molecule has 1 aromatic carbocycles. The zero-order chi connectivity index (χ0) is 18.5. The van der Waals surface area contributed by atoms with Crippen molar-refractivity contribution in [2.45, 2.75) is 0 Å². The number of thiophene rings is 1. The summed E-state index contributed by atoms with van der Waals surface area (Å²) in [5.41, 5.74) is 1.90. The molecule has 2 aromatic rings. The fraction of sp³-hybridized carbons (Fsp3) is 0.333. The molecule has 6 nitrogen and oxygen atoms in total. The number of benzene rings is 1. The van der Waals surface area contributed by atoms with Gasteiger partial charge in [-0.05, 0) is 17.7 Å². The number of halogens is 1. The van der Waals surface area contributed by atoms with E-state index in [0.29, 0.717) is 34.4 Å². The highest BCUT2D eigenvalue weighted by atomic mass is 35.5. The van der Waals surface area contributed by atoms with E-state index < -0.39 is 5.97 Å². The summed E-state index contributed by atoms with van der Waals surface area (Å²) in [5, 5.41) is 5.78. The number of anilines is 1. The van der Waals surface area contributed by atoms with Gasteiger partial charge in [0, 0.05) is 29.1 Å². The summed E-state index contributed by atoms with van der Waals surface area (Å²) in [6, 6.07) is 7.17. The van der Waals surface area contributed by atoms with Gasteiger partial charge in [0.1, 0.15) is 10.6 Å². The molecule has 1 aliphatic heterocycles. The van der Waals surface area contributed by atoms with Crippen molar-refractivity contribution in [3.05, 3.63) is 40.2 Å². The SMILES string of the molecule is COC(=O)c1c(-c2ccc(Cl)cc2)csc1NC(=O)CN1CCOCC1. The van der Waals surface area contributed by atoms with E-state index in [-0.39, 0.29) is 12.5 Å². The van der Waals surface area contributed by atoms with Crippen molar-refractivity contribution >= 4 is 39.8 Å². The molecule has 1 N–H and O–H groups in total. The van der Waals surface area contributed by atoms with Crippen molar-refractivity contribution in [2.24, 2.45) is 0 Å². The third-order valence-corrected chi connectivity index (χ3v) is 5.21. The first-order valence-electron chi connectivity index (χ1n) is 8.14. The monoisotopic (exact) mass is 394 g/mol. The van der Waals surface area contributed by atoms with E-state index in [1.54, 1.807) is 12.1 Å². The Labute approximate surface area is 160 Å². The largest absolute Gasteiger partial charge is 0.465 e. The summed E-state index contributed by atoms with van der Waals surface area (Å²) < 4.78 is 10.2. The van der Waals surface area contributed by atoms with Crippen LogP contribution in [-0.4, -0.2) is 56.7 Å². The Morgan fingerprint density at radius 2 is 1.96 bits per heavy atom. The van der Waals surface area contributed by atoms with Gasteiger partial charge in [-0.1, -0.05) is 23.7 Å². The van der Waals surface area contributed by atoms with Crippen molar-refractivity contribution in [3.63, 3.8) is 0 Å². The van der Waals surface area contributed by atoms with Gasteiger partial charge in [0.15, 0.2) is 0 Å². The molecule has 0 saturated carbocycles. The maximum absolute atomic E-state index is 12.4. The van der Waals surface area contributed by atoms with Crippen LogP contribution in [0.5, 0.6) is 0 Å². The molecule has 26 heavy (non-hydrogen) atoms. The van der Waals surface area contributed by atoms with Crippen LogP contribution in [0.3, 0.4) is 0 Å². The minimum atomic E-state index is -0.488. The maximum Gasteiger partial charge on any atom is 0.341 e. The molecule has 0 spiro atoms. The van der Waals surface area contributed by atoms with E-state index in [1.807, 2.05) is 22.4 Å². The number of carbonyl (C=O) groups excluding carboxylic acids is 2. The van der Waals surface area contributed by atoms with Gasteiger partial charge in [0.25, 0.3) is 0 Å². The van der Waals surface area contributed by atoms with Gasteiger partial charge >= 0.3 is 5.97 Å². The Bertz CT molecular complexity index is 785. The second kappa shape index (κ2) is 8.64. The molecule has 138 valence electrons. The lowest BCUT2D eigenvalue weighted by atomic mass is 10.0. The first-order valence-corrected chi connectivity index (χ1v) is 9.40. The highest BCUT2D eigenvalue weighted by Crippen LogP contribution is 2.36. The minimum absolute atomic E-state index is 0.165. The van der Waals surface area contributed by atoms with Crippen LogP contribution < -0.4 is 5.32 Å². The summed E-state index contributed by atoms with van der Waals surface area (Å²) in [6.45, 7) is 2.95. The molecule has 1 aromatic heterocycles. The second-order valence-electron chi connectivity index (χ2n) is 5.79. The molecule has 0 bridgehead atoms. The van der Waals surface area contributed by atoms with Crippen LogP contribution in [0.25, 0.3) is 11.1 Å². The highest BCUT2D eigenvalue weighted by Gasteiger charge is 2.23. The number of ether oxygens (including phenoxy) is 2. The standard InChI is InChI=1S/C18H19ClN2O4S/c1-24-18(23)16-14(12-2-4-13(19)5-3-12)11-26-17(16)20-15(22)10-21-6-8-25-9-7-21/h2-5,11H,6-10H2,1H3,(H,20,22). The average Bonchev–Trinajstić information content (AvgIpc) is 3.06. The summed E-state index contributed by atoms with van der Waals surface area (Å²) in [4.78, 5) is 26.7. The summed E-state index contributed by atoms with van der Waals surface area (Å²) >= 11 is 7.24. The first kappa shape index (κ1) is 18.8. The lowest BCUT2D eigenvalue weighted by molar-refractivity contribution is -0.118. The van der Waals surface area contributed by atoms with E-state index >= 15 is 0 Å². The number of hydrogen-bond acceptors (Lipinski definition) is 6. The second-order valence-corrected chi connectivity index (χ2v) is 7.10. The lowest BCUT2D eigenvalue weighted by Gasteiger charge is -2.25.